The van der Waals surface area contributed by atoms with Crippen LogP contribution in [0.4, 0.5) is 0 Å². The molecule has 0 bridgehead atoms. The Hall–Kier alpha value is -0.570. The molecule has 2 N–H and O–H groups in total. The summed E-state index contributed by atoms with van der Waals surface area (Å²) in [6.07, 6.45) is 10.6. The fraction of sp³-hybridized carbons (Fsp3) is 0.941. The molecule has 3 nitrogen and oxygen atoms in total. The fourth-order valence-corrected chi connectivity index (χ4v) is 3.81. The number of carboxylic acid groups (broad SMARTS) is 1. The molecule has 20 heavy (non-hydrogen) atoms. The lowest BCUT2D eigenvalue weighted by Crippen LogP contribution is -2.35. The van der Waals surface area contributed by atoms with Crippen LogP contribution in [0.1, 0.15) is 71.6 Å². The molecule has 0 aliphatic heterocycles. The quantitative estimate of drug-likeness (QED) is 0.770. The third kappa shape index (κ3) is 4.76. The van der Waals surface area contributed by atoms with E-state index in [0.29, 0.717) is 17.4 Å². The summed E-state index contributed by atoms with van der Waals surface area (Å²) in [6.45, 7) is 5.88. The van der Waals surface area contributed by atoms with E-state index in [1.165, 1.54) is 32.1 Å². The topological polar surface area (TPSA) is 49.3 Å². The molecule has 0 amide bonds. The van der Waals surface area contributed by atoms with Crippen molar-refractivity contribution in [1.82, 2.24) is 5.32 Å². The summed E-state index contributed by atoms with van der Waals surface area (Å²) in [5, 5.41) is 12.8. The molecule has 1 atom stereocenters. The Balaban J connectivity index is 1.67. The van der Waals surface area contributed by atoms with Gasteiger partial charge >= 0.3 is 5.97 Å². The Bertz CT molecular complexity index is 319. The number of hydrogen-bond donors (Lipinski definition) is 2. The van der Waals surface area contributed by atoms with Crippen LogP contribution in [-0.2, 0) is 4.79 Å². The third-order valence-corrected chi connectivity index (χ3v) is 5.47. The van der Waals surface area contributed by atoms with Crippen LogP contribution in [0.2, 0.25) is 0 Å². The first-order valence-electron chi connectivity index (χ1n) is 8.42. The second kappa shape index (κ2) is 6.93. The van der Waals surface area contributed by atoms with Crippen LogP contribution in [0.3, 0.4) is 0 Å². The lowest BCUT2D eigenvalue weighted by molar-refractivity contribution is -0.143. The molecule has 0 radical (unpaired) electrons. The summed E-state index contributed by atoms with van der Waals surface area (Å²) < 4.78 is 0. The van der Waals surface area contributed by atoms with E-state index in [1.54, 1.807) is 0 Å². The minimum Gasteiger partial charge on any atom is -0.481 e. The molecule has 2 aliphatic carbocycles. The van der Waals surface area contributed by atoms with Crippen molar-refractivity contribution in [3.8, 4) is 0 Å². The van der Waals surface area contributed by atoms with Gasteiger partial charge in [0.25, 0.3) is 0 Å². The first-order valence-corrected chi connectivity index (χ1v) is 8.42. The van der Waals surface area contributed by atoms with Gasteiger partial charge < -0.3 is 10.4 Å². The highest BCUT2D eigenvalue weighted by Gasteiger charge is 2.27. The summed E-state index contributed by atoms with van der Waals surface area (Å²) in [5.74, 6) is 0.0224. The Kier molecular flexibility index (Phi) is 5.48. The van der Waals surface area contributed by atoms with Gasteiger partial charge in [0.15, 0.2) is 0 Å². The first-order chi connectivity index (χ1) is 9.46. The van der Waals surface area contributed by atoms with Crippen molar-refractivity contribution in [1.29, 1.82) is 0 Å². The van der Waals surface area contributed by atoms with E-state index in [1.807, 2.05) is 0 Å². The van der Waals surface area contributed by atoms with Crippen LogP contribution in [-0.4, -0.2) is 23.7 Å². The zero-order valence-corrected chi connectivity index (χ0v) is 13.2. The zero-order valence-electron chi connectivity index (χ0n) is 13.2. The van der Waals surface area contributed by atoms with Gasteiger partial charge in [-0.15, -0.1) is 0 Å². The summed E-state index contributed by atoms with van der Waals surface area (Å²) in [5.41, 5.74) is 0.524. The Labute approximate surface area is 123 Å². The minimum atomic E-state index is -0.595. The molecule has 0 aromatic carbocycles. The van der Waals surface area contributed by atoms with Crippen LogP contribution < -0.4 is 5.32 Å². The van der Waals surface area contributed by atoms with Gasteiger partial charge in [-0.05, 0) is 69.2 Å². The predicted molar refractivity (Wildman–Crippen MR) is 81.7 cm³/mol. The van der Waals surface area contributed by atoms with Gasteiger partial charge in [-0.3, -0.25) is 4.79 Å². The Morgan fingerprint density at radius 1 is 1.10 bits per heavy atom. The fourth-order valence-electron chi connectivity index (χ4n) is 3.81. The maximum Gasteiger partial charge on any atom is 0.306 e. The molecule has 0 aromatic heterocycles. The van der Waals surface area contributed by atoms with E-state index in [-0.39, 0.29) is 5.92 Å². The Morgan fingerprint density at radius 2 is 1.80 bits per heavy atom. The highest BCUT2D eigenvalue weighted by Crippen LogP contribution is 2.34. The van der Waals surface area contributed by atoms with E-state index >= 15 is 0 Å². The van der Waals surface area contributed by atoms with Crippen molar-refractivity contribution >= 4 is 5.97 Å². The molecular formula is C17H31NO2. The molecule has 0 spiro atoms. The van der Waals surface area contributed by atoms with E-state index in [2.05, 4.69) is 19.2 Å². The van der Waals surface area contributed by atoms with Gasteiger partial charge in [0.1, 0.15) is 0 Å². The number of carbonyl (C=O) groups is 1. The van der Waals surface area contributed by atoms with Crippen molar-refractivity contribution in [3.05, 3.63) is 0 Å². The van der Waals surface area contributed by atoms with E-state index in [0.717, 1.165) is 32.2 Å². The Morgan fingerprint density at radius 3 is 2.45 bits per heavy atom. The molecule has 0 aromatic rings. The summed E-state index contributed by atoms with van der Waals surface area (Å²) in [7, 11) is 0. The van der Waals surface area contributed by atoms with Gasteiger partial charge in [-0.25, -0.2) is 0 Å². The average molecular weight is 281 g/mol. The maximum absolute atomic E-state index is 10.9. The van der Waals surface area contributed by atoms with Crippen molar-refractivity contribution in [2.75, 3.05) is 6.54 Å². The second-order valence-electron chi connectivity index (χ2n) is 7.76. The first kappa shape index (κ1) is 15.8. The smallest absolute Gasteiger partial charge is 0.306 e. The van der Waals surface area contributed by atoms with Crippen molar-refractivity contribution < 1.29 is 9.90 Å². The normalized spacial score (nSPS) is 34.4. The standard InChI is InChI=1S/C17H31NO2/c1-17(2)10-3-4-15(9-11-17)18-12-13-5-7-14(8-6-13)16(19)20/h13-15,18H,3-12H2,1-2H3,(H,19,20). The van der Waals surface area contributed by atoms with Crippen LogP contribution in [0.25, 0.3) is 0 Å². The number of hydrogen-bond acceptors (Lipinski definition) is 2. The predicted octanol–water partition coefficient (Wildman–Crippen LogP) is 3.83. The SMILES string of the molecule is CC1(C)CCCC(NCC2CCC(C(=O)O)CC2)CC1. The van der Waals surface area contributed by atoms with Crippen LogP contribution >= 0.6 is 0 Å². The van der Waals surface area contributed by atoms with E-state index in [9.17, 15) is 4.79 Å². The van der Waals surface area contributed by atoms with E-state index < -0.39 is 5.97 Å². The lowest BCUT2D eigenvalue weighted by Gasteiger charge is -2.28. The molecule has 2 aliphatic rings. The van der Waals surface area contributed by atoms with Gasteiger partial charge in [0.2, 0.25) is 0 Å². The van der Waals surface area contributed by atoms with Crippen LogP contribution in [0.5, 0.6) is 0 Å². The molecular weight excluding hydrogens is 250 g/mol. The number of rotatable bonds is 4. The minimum absolute atomic E-state index is 0.0788. The molecule has 2 rings (SSSR count). The molecule has 2 saturated carbocycles. The molecule has 2 fully saturated rings. The summed E-state index contributed by atoms with van der Waals surface area (Å²) in [4.78, 5) is 10.9. The van der Waals surface area contributed by atoms with Crippen molar-refractivity contribution in [2.45, 2.75) is 77.7 Å². The number of carboxylic acids is 1. The monoisotopic (exact) mass is 281 g/mol. The highest BCUT2D eigenvalue weighted by atomic mass is 16.4. The average Bonchev–Trinajstić information content (AvgIpc) is 2.58. The third-order valence-electron chi connectivity index (χ3n) is 5.47. The van der Waals surface area contributed by atoms with Crippen molar-refractivity contribution in [3.63, 3.8) is 0 Å². The van der Waals surface area contributed by atoms with Crippen LogP contribution in [0, 0.1) is 17.3 Å². The summed E-state index contributed by atoms with van der Waals surface area (Å²) >= 11 is 0. The largest absolute Gasteiger partial charge is 0.481 e. The highest BCUT2D eigenvalue weighted by molar-refractivity contribution is 5.69. The number of nitrogens with one attached hydrogen (secondary N) is 1. The van der Waals surface area contributed by atoms with Gasteiger partial charge in [-0.2, -0.15) is 0 Å². The molecule has 0 saturated heterocycles. The maximum atomic E-state index is 10.9. The van der Waals surface area contributed by atoms with Gasteiger partial charge in [0, 0.05) is 6.04 Å². The summed E-state index contributed by atoms with van der Waals surface area (Å²) in [6, 6.07) is 0.689. The molecule has 1 unspecified atom stereocenters. The van der Waals surface area contributed by atoms with E-state index in [4.69, 9.17) is 5.11 Å². The van der Waals surface area contributed by atoms with Crippen LogP contribution in [0.15, 0.2) is 0 Å². The van der Waals surface area contributed by atoms with Crippen molar-refractivity contribution in [2.24, 2.45) is 17.3 Å². The van der Waals surface area contributed by atoms with Gasteiger partial charge in [0.05, 0.1) is 5.92 Å². The second-order valence-corrected chi connectivity index (χ2v) is 7.76. The molecule has 0 heterocycles. The zero-order chi connectivity index (χ0) is 14.6. The van der Waals surface area contributed by atoms with Gasteiger partial charge in [-0.1, -0.05) is 20.3 Å². The molecule has 3 heteroatoms. The lowest BCUT2D eigenvalue weighted by atomic mass is 9.82. The number of aliphatic carboxylic acids is 1. The molecule has 116 valence electrons.